The molecule has 1 aromatic rings. The van der Waals surface area contributed by atoms with Crippen LogP contribution in [0.5, 0.6) is 5.75 Å². The van der Waals surface area contributed by atoms with E-state index < -0.39 is 0 Å². The quantitative estimate of drug-likeness (QED) is 0.611. The number of nitrogen functional groups attached to an aromatic ring is 1. The fourth-order valence-corrected chi connectivity index (χ4v) is 2.21. The Morgan fingerprint density at radius 3 is 2.75 bits per heavy atom. The summed E-state index contributed by atoms with van der Waals surface area (Å²) in [6, 6.07) is 0. The molecule has 0 radical (unpaired) electrons. The summed E-state index contributed by atoms with van der Waals surface area (Å²) in [7, 11) is 1.67. The standard InChI is InChI=1S/C13H25N3O3S/c1-10(2)19-11-12(14)16-20-13(11)15-6-4-5-7-18-9-8-17-3/h10,15H,4-9H2,1-3H3,(H2,14,16). The maximum atomic E-state index is 5.79. The molecule has 0 spiro atoms. The number of aromatic nitrogens is 1. The summed E-state index contributed by atoms with van der Waals surface area (Å²) >= 11 is 1.33. The minimum Gasteiger partial charge on any atom is -0.484 e. The Bertz CT molecular complexity index is 372. The molecule has 0 aromatic carbocycles. The van der Waals surface area contributed by atoms with E-state index in [2.05, 4.69) is 9.69 Å². The summed E-state index contributed by atoms with van der Waals surface area (Å²) in [5, 5.41) is 4.21. The van der Waals surface area contributed by atoms with Crippen LogP contribution < -0.4 is 15.8 Å². The van der Waals surface area contributed by atoms with Gasteiger partial charge in [0, 0.05) is 20.3 Å². The lowest BCUT2D eigenvalue weighted by Crippen LogP contribution is -2.09. The molecule has 0 fully saturated rings. The summed E-state index contributed by atoms with van der Waals surface area (Å²) in [5.41, 5.74) is 5.79. The van der Waals surface area contributed by atoms with Crippen molar-refractivity contribution < 1.29 is 14.2 Å². The van der Waals surface area contributed by atoms with Gasteiger partial charge in [0.2, 0.25) is 0 Å². The van der Waals surface area contributed by atoms with Crippen LogP contribution in [0.4, 0.5) is 10.8 Å². The van der Waals surface area contributed by atoms with Crippen LogP contribution in [0.2, 0.25) is 0 Å². The Morgan fingerprint density at radius 2 is 2.05 bits per heavy atom. The van der Waals surface area contributed by atoms with Crippen LogP contribution >= 0.6 is 11.5 Å². The number of nitrogens with zero attached hydrogens (tertiary/aromatic N) is 1. The van der Waals surface area contributed by atoms with Crippen LogP contribution in [0, 0.1) is 0 Å². The van der Waals surface area contributed by atoms with Crippen molar-refractivity contribution in [2.45, 2.75) is 32.8 Å². The van der Waals surface area contributed by atoms with E-state index >= 15 is 0 Å². The van der Waals surface area contributed by atoms with Crippen LogP contribution in [0.3, 0.4) is 0 Å². The topological polar surface area (TPSA) is 78.6 Å². The van der Waals surface area contributed by atoms with Gasteiger partial charge >= 0.3 is 0 Å². The highest BCUT2D eigenvalue weighted by molar-refractivity contribution is 7.11. The van der Waals surface area contributed by atoms with Gasteiger partial charge in [-0.3, -0.25) is 0 Å². The molecular weight excluding hydrogens is 278 g/mol. The summed E-state index contributed by atoms with van der Waals surface area (Å²) in [6.45, 7) is 6.85. The lowest BCUT2D eigenvalue weighted by atomic mass is 10.3. The molecule has 0 saturated carbocycles. The Hall–Kier alpha value is -1.05. The van der Waals surface area contributed by atoms with Crippen molar-refractivity contribution in [3.8, 4) is 5.75 Å². The molecule has 3 N–H and O–H groups in total. The second kappa shape index (κ2) is 9.79. The number of hydrogen-bond acceptors (Lipinski definition) is 7. The highest BCUT2D eigenvalue weighted by Gasteiger charge is 2.13. The van der Waals surface area contributed by atoms with E-state index in [1.165, 1.54) is 11.5 Å². The number of ether oxygens (including phenoxy) is 3. The van der Waals surface area contributed by atoms with Crippen LogP contribution in [0.25, 0.3) is 0 Å². The minimum atomic E-state index is 0.0865. The van der Waals surface area contributed by atoms with Crippen LogP contribution in [-0.2, 0) is 9.47 Å². The Balaban J connectivity index is 2.18. The number of unbranched alkanes of at least 4 members (excludes halogenated alkanes) is 1. The van der Waals surface area contributed by atoms with Gasteiger partial charge in [-0.25, -0.2) is 0 Å². The van der Waals surface area contributed by atoms with Crippen LogP contribution in [0.15, 0.2) is 0 Å². The summed E-state index contributed by atoms with van der Waals surface area (Å²) in [5.74, 6) is 1.12. The highest BCUT2D eigenvalue weighted by atomic mass is 32.1. The number of nitrogens with two attached hydrogens (primary N) is 1. The third-order valence-electron chi connectivity index (χ3n) is 2.46. The first-order chi connectivity index (χ1) is 9.65. The second-order valence-electron chi connectivity index (χ2n) is 4.63. The summed E-state index contributed by atoms with van der Waals surface area (Å²) < 4.78 is 20.1. The van der Waals surface area contributed by atoms with E-state index in [0.29, 0.717) is 24.8 Å². The Kier molecular flexibility index (Phi) is 8.32. The molecule has 1 rings (SSSR count). The third kappa shape index (κ3) is 6.40. The van der Waals surface area contributed by atoms with Gasteiger partial charge in [0.1, 0.15) is 0 Å². The first-order valence-electron chi connectivity index (χ1n) is 6.87. The molecule has 0 aliphatic carbocycles. The molecule has 0 aliphatic rings. The summed E-state index contributed by atoms with van der Waals surface area (Å²) in [4.78, 5) is 0. The van der Waals surface area contributed by atoms with Gasteiger partial charge in [0.05, 0.1) is 19.3 Å². The van der Waals surface area contributed by atoms with E-state index in [-0.39, 0.29) is 6.10 Å². The van der Waals surface area contributed by atoms with Gasteiger partial charge < -0.3 is 25.3 Å². The van der Waals surface area contributed by atoms with Crippen LogP contribution in [0.1, 0.15) is 26.7 Å². The molecule has 0 unspecified atom stereocenters. The smallest absolute Gasteiger partial charge is 0.197 e. The molecule has 7 heteroatoms. The van der Waals surface area contributed by atoms with Crippen molar-refractivity contribution in [3.63, 3.8) is 0 Å². The van der Waals surface area contributed by atoms with E-state index in [0.717, 1.165) is 31.0 Å². The van der Waals surface area contributed by atoms with Gasteiger partial charge in [0.15, 0.2) is 16.6 Å². The number of rotatable bonds is 11. The third-order valence-corrected chi connectivity index (χ3v) is 3.26. The number of methoxy groups -OCH3 is 1. The molecule has 0 aliphatic heterocycles. The Morgan fingerprint density at radius 1 is 1.25 bits per heavy atom. The number of hydrogen-bond donors (Lipinski definition) is 2. The first-order valence-corrected chi connectivity index (χ1v) is 7.64. The van der Waals surface area contributed by atoms with Crippen molar-refractivity contribution in [3.05, 3.63) is 0 Å². The second-order valence-corrected chi connectivity index (χ2v) is 5.41. The average Bonchev–Trinajstić information content (AvgIpc) is 2.74. The molecule has 6 nitrogen and oxygen atoms in total. The van der Waals surface area contributed by atoms with Crippen molar-refractivity contribution in [2.24, 2.45) is 0 Å². The van der Waals surface area contributed by atoms with Gasteiger partial charge in [-0.15, -0.1) is 0 Å². The normalized spacial score (nSPS) is 11.0. The molecule has 116 valence electrons. The monoisotopic (exact) mass is 303 g/mol. The molecule has 0 bridgehead atoms. The largest absolute Gasteiger partial charge is 0.484 e. The SMILES string of the molecule is COCCOCCCCNc1snc(N)c1OC(C)C. The lowest BCUT2D eigenvalue weighted by Gasteiger charge is -2.11. The molecule has 1 aromatic heterocycles. The van der Waals surface area contributed by atoms with E-state index in [1.807, 2.05) is 13.8 Å². The van der Waals surface area contributed by atoms with E-state index in [1.54, 1.807) is 7.11 Å². The summed E-state index contributed by atoms with van der Waals surface area (Å²) in [6.07, 6.45) is 2.11. The van der Waals surface area contributed by atoms with Crippen LogP contribution in [-0.4, -0.2) is 44.0 Å². The molecule has 0 atom stereocenters. The van der Waals surface area contributed by atoms with Crippen molar-refractivity contribution in [1.29, 1.82) is 0 Å². The molecule has 20 heavy (non-hydrogen) atoms. The predicted octanol–water partition coefficient (Wildman–Crippen LogP) is 2.37. The van der Waals surface area contributed by atoms with E-state index in [9.17, 15) is 0 Å². The lowest BCUT2D eigenvalue weighted by molar-refractivity contribution is 0.0691. The minimum absolute atomic E-state index is 0.0865. The zero-order valence-corrected chi connectivity index (χ0v) is 13.3. The van der Waals surface area contributed by atoms with E-state index in [4.69, 9.17) is 19.9 Å². The molecule has 1 heterocycles. The number of nitrogens with one attached hydrogen (secondary N) is 1. The fraction of sp³-hybridized carbons (Fsp3) is 0.769. The van der Waals surface area contributed by atoms with Gasteiger partial charge in [0.25, 0.3) is 0 Å². The highest BCUT2D eigenvalue weighted by Crippen LogP contribution is 2.35. The maximum Gasteiger partial charge on any atom is 0.197 e. The molecule has 0 saturated heterocycles. The van der Waals surface area contributed by atoms with Crippen molar-refractivity contribution in [2.75, 3.05) is 44.5 Å². The molecule has 0 amide bonds. The van der Waals surface area contributed by atoms with Gasteiger partial charge in [-0.05, 0) is 38.2 Å². The average molecular weight is 303 g/mol. The molecular formula is C13H25N3O3S. The zero-order chi connectivity index (χ0) is 14.8. The fourth-order valence-electron chi connectivity index (χ4n) is 1.53. The zero-order valence-electron chi connectivity index (χ0n) is 12.5. The van der Waals surface area contributed by atoms with Crippen molar-refractivity contribution >= 4 is 22.4 Å². The Labute approximate surface area is 124 Å². The number of anilines is 2. The predicted molar refractivity (Wildman–Crippen MR) is 82.7 cm³/mol. The van der Waals surface area contributed by atoms with Crippen molar-refractivity contribution in [1.82, 2.24) is 4.37 Å². The first kappa shape index (κ1) is 17.0. The maximum absolute atomic E-state index is 5.79. The van der Waals surface area contributed by atoms with Gasteiger partial charge in [-0.1, -0.05) is 0 Å². The van der Waals surface area contributed by atoms with Gasteiger partial charge in [-0.2, -0.15) is 4.37 Å².